The summed E-state index contributed by atoms with van der Waals surface area (Å²) in [6, 6.07) is 10.4. The molecule has 3 heteroatoms. The van der Waals surface area contributed by atoms with Crippen molar-refractivity contribution in [3.63, 3.8) is 0 Å². The molecule has 0 aliphatic carbocycles. The molecule has 0 fully saturated rings. The van der Waals surface area contributed by atoms with Crippen LogP contribution < -0.4 is 0 Å². The van der Waals surface area contributed by atoms with Crippen LogP contribution in [-0.4, -0.2) is 16.2 Å². The van der Waals surface area contributed by atoms with Crippen molar-refractivity contribution in [3.05, 3.63) is 54.1 Å². The number of hydrogen-bond acceptors (Lipinski definition) is 2. The van der Waals surface area contributed by atoms with Crippen molar-refractivity contribution in [3.8, 4) is 0 Å². The van der Waals surface area contributed by atoms with Crippen LogP contribution in [0.4, 0.5) is 0 Å². The van der Waals surface area contributed by atoms with E-state index in [9.17, 15) is 0 Å². The summed E-state index contributed by atoms with van der Waals surface area (Å²) in [6.07, 6.45) is 3.87. The molecule has 1 aromatic carbocycles. The normalized spacial score (nSPS) is 12.6. The topological polar surface area (TPSA) is 27.1 Å². The molecule has 0 saturated carbocycles. The molecule has 17 heavy (non-hydrogen) atoms. The highest BCUT2D eigenvalue weighted by Gasteiger charge is 2.11. The van der Waals surface area contributed by atoms with Gasteiger partial charge in [0.05, 0.1) is 0 Å². The van der Waals surface area contributed by atoms with E-state index >= 15 is 0 Å². The Labute approximate surface area is 102 Å². The summed E-state index contributed by atoms with van der Waals surface area (Å²) >= 11 is 0. The molecule has 1 aromatic heterocycles. The van der Waals surface area contributed by atoms with E-state index < -0.39 is 0 Å². The van der Waals surface area contributed by atoms with E-state index in [1.807, 2.05) is 32.3 Å². The minimum Gasteiger partial charge on any atom is -0.371 e. The zero-order valence-corrected chi connectivity index (χ0v) is 10.3. The lowest BCUT2D eigenvalue weighted by molar-refractivity contribution is 0.0677. The highest BCUT2D eigenvalue weighted by atomic mass is 16.5. The van der Waals surface area contributed by atoms with E-state index in [0.717, 1.165) is 12.4 Å². The Morgan fingerprint density at radius 1 is 1.29 bits per heavy atom. The smallest absolute Gasteiger partial charge is 0.137 e. The Morgan fingerprint density at radius 3 is 2.76 bits per heavy atom. The average Bonchev–Trinajstić information content (AvgIpc) is 2.79. The van der Waals surface area contributed by atoms with Gasteiger partial charge in [-0.25, -0.2) is 4.98 Å². The quantitative estimate of drug-likeness (QED) is 0.789. The van der Waals surface area contributed by atoms with E-state index in [-0.39, 0.29) is 6.10 Å². The third kappa shape index (κ3) is 2.94. The lowest BCUT2D eigenvalue weighted by Crippen LogP contribution is -2.10. The molecule has 2 aromatic rings. The maximum Gasteiger partial charge on any atom is 0.137 e. The molecule has 3 nitrogen and oxygen atoms in total. The summed E-state index contributed by atoms with van der Waals surface area (Å²) in [4.78, 5) is 4.37. The van der Waals surface area contributed by atoms with Crippen LogP contribution in [0.25, 0.3) is 0 Å². The first-order chi connectivity index (χ1) is 8.31. The fourth-order valence-electron chi connectivity index (χ4n) is 1.92. The first kappa shape index (κ1) is 11.9. The lowest BCUT2D eigenvalue weighted by Gasteiger charge is -2.14. The van der Waals surface area contributed by atoms with Crippen molar-refractivity contribution in [1.82, 2.24) is 9.55 Å². The largest absolute Gasteiger partial charge is 0.371 e. The zero-order valence-electron chi connectivity index (χ0n) is 10.3. The molecule has 0 amide bonds. The van der Waals surface area contributed by atoms with E-state index in [1.54, 1.807) is 0 Å². The molecule has 1 heterocycles. The second-order valence-electron chi connectivity index (χ2n) is 4.00. The molecule has 0 N–H and O–H groups in total. The molecule has 0 radical (unpaired) electrons. The summed E-state index contributed by atoms with van der Waals surface area (Å²) in [5, 5.41) is 0. The van der Waals surface area contributed by atoms with Crippen LogP contribution in [0.5, 0.6) is 0 Å². The molecule has 0 aliphatic rings. The van der Waals surface area contributed by atoms with Crippen molar-refractivity contribution >= 4 is 0 Å². The van der Waals surface area contributed by atoms with Crippen LogP contribution in [0.1, 0.15) is 31.3 Å². The van der Waals surface area contributed by atoms with Crippen LogP contribution in [0.2, 0.25) is 0 Å². The van der Waals surface area contributed by atoms with Gasteiger partial charge in [-0.1, -0.05) is 30.3 Å². The summed E-state index contributed by atoms with van der Waals surface area (Å²) in [5.41, 5.74) is 1.27. The van der Waals surface area contributed by atoms with Gasteiger partial charge in [-0.2, -0.15) is 0 Å². The zero-order chi connectivity index (χ0) is 12.1. The lowest BCUT2D eigenvalue weighted by atomic mass is 10.2. The van der Waals surface area contributed by atoms with Gasteiger partial charge in [0.15, 0.2) is 0 Å². The SMILES string of the molecule is CCO[C@@H](C)c1nccn1Cc1ccccc1. The van der Waals surface area contributed by atoms with Gasteiger partial charge in [0.25, 0.3) is 0 Å². The van der Waals surface area contributed by atoms with Crippen LogP contribution in [-0.2, 0) is 11.3 Å². The maximum absolute atomic E-state index is 5.58. The number of ether oxygens (including phenoxy) is 1. The molecule has 0 bridgehead atoms. The molecule has 0 saturated heterocycles. The van der Waals surface area contributed by atoms with Gasteiger partial charge in [-0.3, -0.25) is 0 Å². The molecule has 0 unspecified atom stereocenters. The first-order valence-corrected chi connectivity index (χ1v) is 5.97. The van der Waals surface area contributed by atoms with Crippen LogP contribution in [0, 0.1) is 0 Å². The van der Waals surface area contributed by atoms with Crippen molar-refractivity contribution in [1.29, 1.82) is 0 Å². The standard InChI is InChI=1S/C14H18N2O/c1-3-17-12(2)14-15-9-10-16(14)11-13-7-5-4-6-8-13/h4-10,12H,3,11H2,1-2H3/t12-/m0/s1. The number of hydrogen-bond donors (Lipinski definition) is 0. The fraction of sp³-hybridized carbons (Fsp3) is 0.357. The van der Waals surface area contributed by atoms with Crippen molar-refractivity contribution in [2.75, 3.05) is 6.61 Å². The number of nitrogens with zero attached hydrogens (tertiary/aromatic N) is 2. The summed E-state index contributed by atoms with van der Waals surface area (Å²) < 4.78 is 7.72. The van der Waals surface area contributed by atoms with Crippen molar-refractivity contribution in [2.24, 2.45) is 0 Å². The summed E-state index contributed by atoms with van der Waals surface area (Å²) in [7, 11) is 0. The molecular formula is C14H18N2O. The Balaban J connectivity index is 2.14. The van der Waals surface area contributed by atoms with E-state index in [2.05, 4.69) is 33.8 Å². The predicted molar refractivity (Wildman–Crippen MR) is 67.8 cm³/mol. The number of imidazole rings is 1. The predicted octanol–water partition coefficient (Wildman–Crippen LogP) is 3.03. The third-order valence-corrected chi connectivity index (χ3v) is 2.72. The second kappa shape index (κ2) is 5.64. The fourth-order valence-corrected chi connectivity index (χ4v) is 1.92. The van der Waals surface area contributed by atoms with Gasteiger partial charge in [0, 0.05) is 25.5 Å². The highest BCUT2D eigenvalue weighted by molar-refractivity contribution is 5.16. The molecule has 0 aliphatic heterocycles. The van der Waals surface area contributed by atoms with Crippen molar-refractivity contribution < 1.29 is 4.74 Å². The van der Waals surface area contributed by atoms with E-state index in [0.29, 0.717) is 6.61 Å². The minimum absolute atomic E-state index is 0.0405. The second-order valence-corrected chi connectivity index (χ2v) is 4.00. The monoisotopic (exact) mass is 230 g/mol. The molecular weight excluding hydrogens is 212 g/mol. The van der Waals surface area contributed by atoms with Crippen LogP contribution in [0.3, 0.4) is 0 Å². The highest BCUT2D eigenvalue weighted by Crippen LogP contribution is 2.15. The van der Waals surface area contributed by atoms with Crippen molar-refractivity contribution in [2.45, 2.75) is 26.5 Å². The Hall–Kier alpha value is -1.61. The van der Waals surface area contributed by atoms with Gasteiger partial charge >= 0.3 is 0 Å². The third-order valence-electron chi connectivity index (χ3n) is 2.72. The summed E-state index contributed by atoms with van der Waals surface area (Å²) in [6.45, 7) is 5.58. The molecule has 0 spiro atoms. The van der Waals surface area contributed by atoms with E-state index in [1.165, 1.54) is 5.56 Å². The van der Waals surface area contributed by atoms with Crippen LogP contribution >= 0.6 is 0 Å². The van der Waals surface area contributed by atoms with Gasteiger partial charge in [-0.15, -0.1) is 0 Å². The van der Waals surface area contributed by atoms with Gasteiger partial charge in [0.2, 0.25) is 0 Å². The summed E-state index contributed by atoms with van der Waals surface area (Å²) in [5.74, 6) is 0.982. The first-order valence-electron chi connectivity index (χ1n) is 5.97. The molecule has 2 rings (SSSR count). The maximum atomic E-state index is 5.58. The number of benzene rings is 1. The van der Waals surface area contributed by atoms with Gasteiger partial charge in [-0.05, 0) is 19.4 Å². The van der Waals surface area contributed by atoms with Crippen LogP contribution in [0.15, 0.2) is 42.7 Å². The number of rotatable bonds is 5. The Morgan fingerprint density at radius 2 is 2.06 bits per heavy atom. The minimum atomic E-state index is 0.0405. The van der Waals surface area contributed by atoms with Gasteiger partial charge < -0.3 is 9.30 Å². The molecule has 90 valence electrons. The van der Waals surface area contributed by atoms with E-state index in [4.69, 9.17) is 4.74 Å². The average molecular weight is 230 g/mol. The number of aromatic nitrogens is 2. The molecule has 1 atom stereocenters. The Bertz CT molecular complexity index is 450. The van der Waals surface area contributed by atoms with Gasteiger partial charge in [0.1, 0.15) is 11.9 Å². The Kier molecular flexibility index (Phi) is 3.94.